The predicted octanol–water partition coefficient (Wildman–Crippen LogP) is 4.48. The van der Waals surface area contributed by atoms with E-state index in [0.717, 1.165) is 37.7 Å². The molecule has 1 saturated heterocycles. The van der Waals surface area contributed by atoms with Crippen LogP contribution in [0, 0.1) is 5.92 Å². The minimum atomic E-state index is -0.111. The molecule has 0 spiro atoms. The maximum atomic E-state index is 12.9. The van der Waals surface area contributed by atoms with Crippen molar-refractivity contribution in [2.24, 2.45) is 5.92 Å². The fourth-order valence-corrected chi connectivity index (χ4v) is 4.62. The molecule has 2 atom stereocenters. The highest BCUT2D eigenvalue weighted by atomic mass is 16.2. The lowest BCUT2D eigenvalue weighted by Crippen LogP contribution is -2.47. The summed E-state index contributed by atoms with van der Waals surface area (Å²) in [5, 5.41) is 4.35. The van der Waals surface area contributed by atoms with Crippen molar-refractivity contribution < 1.29 is 9.59 Å². The second kappa shape index (κ2) is 10.5. The Kier molecular flexibility index (Phi) is 7.25. The first kappa shape index (κ1) is 22.1. The molecule has 3 aromatic rings. The number of aromatic amines is 1. The summed E-state index contributed by atoms with van der Waals surface area (Å²) in [5.41, 5.74) is 3.57. The molecule has 2 heterocycles. The van der Waals surface area contributed by atoms with E-state index in [-0.39, 0.29) is 23.8 Å². The van der Waals surface area contributed by atoms with Gasteiger partial charge in [0, 0.05) is 42.7 Å². The molecule has 4 rings (SSSR count). The zero-order valence-electron chi connectivity index (χ0n) is 18.8. The highest BCUT2D eigenvalue weighted by molar-refractivity contribution is 5.84. The SMILES string of the molecule is C[C@H](CCc1ccccc1)NC(=O)[C@@H]1CCCN(C(=O)CCc2c[nH]c3ccccc23)C1. The molecule has 0 aliphatic carbocycles. The zero-order chi connectivity index (χ0) is 22.3. The number of amides is 2. The van der Waals surface area contributed by atoms with Crippen LogP contribution in [0.2, 0.25) is 0 Å². The highest BCUT2D eigenvalue weighted by Crippen LogP contribution is 2.21. The first-order valence-electron chi connectivity index (χ1n) is 11.8. The van der Waals surface area contributed by atoms with E-state index in [2.05, 4.69) is 41.5 Å². The zero-order valence-corrected chi connectivity index (χ0v) is 18.8. The van der Waals surface area contributed by atoms with Crippen LogP contribution in [0.15, 0.2) is 60.8 Å². The van der Waals surface area contributed by atoms with Gasteiger partial charge in [0.15, 0.2) is 0 Å². The smallest absolute Gasteiger partial charge is 0.225 e. The number of likely N-dealkylation sites (tertiary alicyclic amines) is 1. The van der Waals surface area contributed by atoms with Gasteiger partial charge in [-0.25, -0.2) is 0 Å². The van der Waals surface area contributed by atoms with Crippen LogP contribution in [0.25, 0.3) is 10.9 Å². The Morgan fingerprint density at radius 1 is 1.09 bits per heavy atom. The quantitative estimate of drug-likeness (QED) is 0.552. The molecule has 2 amide bonds. The number of hydrogen-bond donors (Lipinski definition) is 2. The molecule has 0 saturated carbocycles. The summed E-state index contributed by atoms with van der Waals surface area (Å²) in [5.74, 6) is 0.115. The molecule has 1 aromatic heterocycles. The summed E-state index contributed by atoms with van der Waals surface area (Å²) in [4.78, 5) is 30.8. The highest BCUT2D eigenvalue weighted by Gasteiger charge is 2.28. The van der Waals surface area contributed by atoms with Gasteiger partial charge >= 0.3 is 0 Å². The number of carbonyl (C=O) groups is 2. The number of rotatable bonds is 8. The summed E-state index contributed by atoms with van der Waals surface area (Å²) in [6.45, 7) is 3.35. The number of nitrogens with zero attached hydrogens (tertiary/aromatic N) is 1. The molecule has 1 fully saturated rings. The number of para-hydroxylation sites is 1. The lowest BCUT2D eigenvalue weighted by atomic mass is 9.95. The monoisotopic (exact) mass is 431 g/mol. The summed E-state index contributed by atoms with van der Waals surface area (Å²) >= 11 is 0. The standard InChI is InChI=1S/C27H33N3O2/c1-20(13-14-21-8-3-2-4-9-21)29-27(32)23-10-7-17-30(19-23)26(31)16-15-22-18-28-25-12-6-5-11-24(22)25/h2-6,8-9,11-12,18,20,23,28H,7,10,13-17,19H2,1H3,(H,29,32)/t20-,23-/m1/s1. The third-order valence-electron chi connectivity index (χ3n) is 6.53. The van der Waals surface area contributed by atoms with Gasteiger partial charge in [0.2, 0.25) is 11.8 Å². The normalized spacial score (nSPS) is 17.3. The van der Waals surface area contributed by atoms with Crippen LogP contribution in [0.3, 0.4) is 0 Å². The molecule has 5 nitrogen and oxygen atoms in total. The molecule has 2 N–H and O–H groups in total. The van der Waals surface area contributed by atoms with Crippen LogP contribution in [-0.4, -0.2) is 40.8 Å². The Hall–Kier alpha value is -3.08. The number of fused-ring (bicyclic) bond motifs is 1. The van der Waals surface area contributed by atoms with Gasteiger partial charge in [0.1, 0.15) is 0 Å². The van der Waals surface area contributed by atoms with E-state index in [1.54, 1.807) is 0 Å². The van der Waals surface area contributed by atoms with Crippen molar-refractivity contribution >= 4 is 22.7 Å². The van der Waals surface area contributed by atoms with E-state index >= 15 is 0 Å². The molecular formula is C27H33N3O2. The van der Waals surface area contributed by atoms with Gasteiger partial charge in [-0.15, -0.1) is 0 Å². The Bertz CT molecular complexity index is 1040. The predicted molar refractivity (Wildman–Crippen MR) is 128 cm³/mol. The van der Waals surface area contributed by atoms with Crippen molar-refractivity contribution in [3.05, 3.63) is 71.9 Å². The molecule has 168 valence electrons. The second-order valence-electron chi connectivity index (χ2n) is 8.97. The van der Waals surface area contributed by atoms with Gasteiger partial charge in [-0.3, -0.25) is 9.59 Å². The summed E-state index contributed by atoms with van der Waals surface area (Å²) in [7, 11) is 0. The van der Waals surface area contributed by atoms with Crippen LogP contribution >= 0.6 is 0 Å². The minimum Gasteiger partial charge on any atom is -0.361 e. The van der Waals surface area contributed by atoms with E-state index in [9.17, 15) is 9.59 Å². The number of carbonyl (C=O) groups excluding carboxylic acids is 2. The van der Waals surface area contributed by atoms with E-state index in [0.29, 0.717) is 19.4 Å². The first-order chi connectivity index (χ1) is 15.6. The molecule has 0 unspecified atom stereocenters. The number of hydrogen-bond acceptors (Lipinski definition) is 2. The van der Waals surface area contributed by atoms with Crippen LogP contribution in [0.5, 0.6) is 0 Å². The van der Waals surface area contributed by atoms with Gasteiger partial charge in [0.05, 0.1) is 5.92 Å². The van der Waals surface area contributed by atoms with Crippen molar-refractivity contribution in [3.8, 4) is 0 Å². The fraction of sp³-hybridized carbons (Fsp3) is 0.407. The van der Waals surface area contributed by atoms with E-state index < -0.39 is 0 Å². The Labute approximate surface area is 190 Å². The second-order valence-corrected chi connectivity index (χ2v) is 8.97. The van der Waals surface area contributed by atoms with Crippen molar-refractivity contribution in [1.82, 2.24) is 15.2 Å². The molecular weight excluding hydrogens is 398 g/mol. The molecule has 32 heavy (non-hydrogen) atoms. The van der Waals surface area contributed by atoms with Gasteiger partial charge in [0.25, 0.3) is 0 Å². The lowest BCUT2D eigenvalue weighted by molar-refractivity contribution is -0.135. The summed E-state index contributed by atoms with van der Waals surface area (Å²) in [6.07, 6.45) is 6.79. The maximum absolute atomic E-state index is 12.9. The van der Waals surface area contributed by atoms with E-state index in [1.165, 1.54) is 16.5 Å². The van der Waals surface area contributed by atoms with Crippen LogP contribution in [-0.2, 0) is 22.4 Å². The van der Waals surface area contributed by atoms with Gasteiger partial charge in [-0.2, -0.15) is 0 Å². The Morgan fingerprint density at radius 2 is 1.88 bits per heavy atom. The summed E-state index contributed by atoms with van der Waals surface area (Å²) < 4.78 is 0. The maximum Gasteiger partial charge on any atom is 0.225 e. The van der Waals surface area contributed by atoms with Crippen molar-refractivity contribution in [3.63, 3.8) is 0 Å². The average molecular weight is 432 g/mol. The first-order valence-corrected chi connectivity index (χ1v) is 11.8. The van der Waals surface area contributed by atoms with E-state index in [1.807, 2.05) is 41.4 Å². The van der Waals surface area contributed by atoms with Crippen molar-refractivity contribution in [2.45, 2.75) is 51.5 Å². The van der Waals surface area contributed by atoms with Gasteiger partial charge in [-0.05, 0) is 56.2 Å². The minimum absolute atomic E-state index is 0.0830. The number of nitrogens with one attached hydrogen (secondary N) is 2. The van der Waals surface area contributed by atoms with Crippen LogP contribution < -0.4 is 5.32 Å². The lowest BCUT2D eigenvalue weighted by Gasteiger charge is -2.32. The Balaban J connectivity index is 1.24. The third-order valence-corrected chi connectivity index (χ3v) is 6.53. The molecule has 1 aliphatic heterocycles. The molecule has 0 radical (unpaired) electrons. The van der Waals surface area contributed by atoms with Gasteiger partial charge in [-0.1, -0.05) is 48.5 Å². The number of benzene rings is 2. The van der Waals surface area contributed by atoms with Crippen LogP contribution in [0.4, 0.5) is 0 Å². The third kappa shape index (κ3) is 5.58. The van der Waals surface area contributed by atoms with E-state index in [4.69, 9.17) is 0 Å². The number of H-pyrrole nitrogens is 1. The summed E-state index contributed by atoms with van der Waals surface area (Å²) in [6, 6.07) is 18.6. The molecule has 5 heteroatoms. The molecule has 1 aliphatic rings. The number of piperidine rings is 1. The fourth-order valence-electron chi connectivity index (χ4n) is 4.62. The molecule has 2 aromatic carbocycles. The Morgan fingerprint density at radius 3 is 2.72 bits per heavy atom. The van der Waals surface area contributed by atoms with Crippen LogP contribution in [0.1, 0.15) is 43.7 Å². The average Bonchev–Trinajstić information content (AvgIpc) is 3.25. The largest absolute Gasteiger partial charge is 0.361 e. The topological polar surface area (TPSA) is 65.2 Å². The van der Waals surface area contributed by atoms with Crippen molar-refractivity contribution in [2.75, 3.05) is 13.1 Å². The van der Waals surface area contributed by atoms with Gasteiger partial charge < -0.3 is 15.2 Å². The molecule has 0 bridgehead atoms. The van der Waals surface area contributed by atoms with Crippen molar-refractivity contribution in [1.29, 1.82) is 0 Å². The number of aromatic nitrogens is 1. The number of aryl methyl sites for hydroxylation is 2.